The highest BCUT2D eigenvalue weighted by atomic mass is 79.9. The van der Waals surface area contributed by atoms with E-state index in [-0.39, 0.29) is 5.69 Å². The molecular weight excluding hydrogens is 284 g/mol. The number of hydrogen-bond donors (Lipinski definition) is 1. The van der Waals surface area contributed by atoms with E-state index in [9.17, 15) is 4.79 Å². The number of aromatic nitrogens is 2. The quantitative estimate of drug-likeness (QED) is 0.910. The molecule has 17 heavy (non-hydrogen) atoms. The molecule has 0 radical (unpaired) electrons. The Morgan fingerprint density at radius 3 is 2.94 bits per heavy atom. The molecule has 1 aromatic heterocycles. The number of hydrogen-bond acceptors (Lipinski definition) is 3. The van der Waals surface area contributed by atoms with Gasteiger partial charge in [-0.1, -0.05) is 19.8 Å². The molecule has 0 aliphatic heterocycles. The molecule has 92 valence electrons. The van der Waals surface area contributed by atoms with Crippen molar-refractivity contribution in [2.24, 2.45) is 5.92 Å². The highest BCUT2D eigenvalue weighted by Crippen LogP contribution is 2.34. The van der Waals surface area contributed by atoms with Gasteiger partial charge in [0.1, 0.15) is 5.82 Å². The van der Waals surface area contributed by atoms with E-state index in [1.807, 2.05) is 0 Å². The molecule has 1 N–H and O–H groups in total. The summed E-state index contributed by atoms with van der Waals surface area (Å²) in [5.74, 6) is 0.653. The summed E-state index contributed by atoms with van der Waals surface area (Å²) in [5.41, 5.74) is 0.0632. The Morgan fingerprint density at radius 1 is 1.53 bits per heavy atom. The minimum atomic E-state index is -1.01. The fraction of sp³-hybridized carbons (Fsp3) is 0.583. The average molecular weight is 299 g/mol. The Kier molecular flexibility index (Phi) is 3.76. The van der Waals surface area contributed by atoms with Crippen molar-refractivity contribution >= 4 is 21.9 Å². The summed E-state index contributed by atoms with van der Waals surface area (Å²) in [6, 6.07) is 0. The predicted molar refractivity (Wildman–Crippen MR) is 67.1 cm³/mol. The first-order valence-corrected chi connectivity index (χ1v) is 6.63. The molecule has 4 nitrogen and oxygen atoms in total. The smallest absolute Gasteiger partial charge is 0.355 e. The molecule has 1 heterocycles. The highest BCUT2D eigenvalue weighted by molar-refractivity contribution is 9.10. The third-order valence-corrected chi connectivity index (χ3v) is 3.85. The molecule has 0 spiro atoms. The van der Waals surface area contributed by atoms with E-state index in [0.717, 1.165) is 12.8 Å². The molecule has 1 saturated carbocycles. The van der Waals surface area contributed by atoms with E-state index in [1.54, 1.807) is 6.20 Å². The summed E-state index contributed by atoms with van der Waals surface area (Å²) < 4.78 is 0.442. The zero-order valence-electron chi connectivity index (χ0n) is 9.69. The summed E-state index contributed by atoms with van der Waals surface area (Å²) in [7, 11) is 0. The van der Waals surface area contributed by atoms with E-state index in [2.05, 4.69) is 32.8 Å². The van der Waals surface area contributed by atoms with Crippen molar-refractivity contribution in [3.05, 3.63) is 22.2 Å². The van der Waals surface area contributed by atoms with Gasteiger partial charge >= 0.3 is 5.97 Å². The lowest BCUT2D eigenvalue weighted by molar-refractivity contribution is 0.0688. The number of nitrogens with zero attached hydrogens (tertiary/aromatic N) is 2. The lowest BCUT2D eigenvalue weighted by Crippen LogP contribution is -2.16. The molecule has 0 amide bonds. The fourth-order valence-corrected chi connectivity index (χ4v) is 2.76. The Labute approximate surface area is 109 Å². The van der Waals surface area contributed by atoms with Gasteiger partial charge in [-0.05, 0) is 34.7 Å². The van der Waals surface area contributed by atoms with Crippen molar-refractivity contribution < 1.29 is 9.90 Å². The minimum absolute atomic E-state index is 0.0632. The van der Waals surface area contributed by atoms with Gasteiger partial charge in [-0.3, -0.25) is 0 Å². The molecule has 0 saturated heterocycles. The van der Waals surface area contributed by atoms with Crippen molar-refractivity contribution in [2.45, 2.75) is 38.5 Å². The van der Waals surface area contributed by atoms with Crippen LogP contribution in [0.4, 0.5) is 0 Å². The monoisotopic (exact) mass is 298 g/mol. The molecule has 0 aromatic carbocycles. The van der Waals surface area contributed by atoms with Crippen LogP contribution in [0.1, 0.15) is 54.8 Å². The summed E-state index contributed by atoms with van der Waals surface area (Å²) in [6.07, 6.45) is 6.09. The molecular formula is C12H15BrN2O2. The van der Waals surface area contributed by atoms with Gasteiger partial charge in [-0.15, -0.1) is 0 Å². The number of carboxylic acid groups (broad SMARTS) is 1. The van der Waals surface area contributed by atoms with Crippen LogP contribution < -0.4 is 0 Å². The van der Waals surface area contributed by atoms with Crippen molar-refractivity contribution in [3.8, 4) is 0 Å². The SMILES string of the molecule is CC1CCCC(c2ncc(Br)c(C(=O)O)n2)C1. The standard InChI is InChI=1S/C12H15BrN2O2/c1-7-3-2-4-8(5-7)11-14-6-9(13)10(15-11)12(16)17/h6-8H,2-5H2,1H3,(H,16,17). The molecule has 1 fully saturated rings. The minimum Gasteiger partial charge on any atom is -0.476 e. The lowest BCUT2D eigenvalue weighted by atomic mass is 9.82. The van der Waals surface area contributed by atoms with Gasteiger partial charge in [0.15, 0.2) is 5.69 Å². The molecule has 1 aliphatic rings. The van der Waals surface area contributed by atoms with Crippen LogP contribution in [-0.2, 0) is 0 Å². The lowest BCUT2D eigenvalue weighted by Gasteiger charge is -2.25. The number of carbonyl (C=O) groups is 1. The van der Waals surface area contributed by atoms with E-state index in [0.29, 0.717) is 22.1 Å². The molecule has 5 heteroatoms. The molecule has 2 unspecified atom stereocenters. The predicted octanol–water partition coefficient (Wildman–Crippen LogP) is 3.23. The van der Waals surface area contributed by atoms with Crippen LogP contribution in [0, 0.1) is 5.92 Å². The van der Waals surface area contributed by atoms with Crippen molar-refractivity contribution in [3.63, 3.8) is 0 Å². The first kappa shape index (κ1) is 12.5. The van der Waals surface area contributed by atoms with Gasteiger partial charge in [0.05, 0.1) is 4.47 Å². The van der Waals surface area contributed by atoms with Crippen LogP contribution in [0.2, 0.25) is 0 Å². The highest BCUT2D eigenvalue weighted by Gasteiger charge is 2.24. The molecule has 0 bridgehead atoms. The number of halogens is 1. The Bertz CT molecular complexity index is 437. The summed E-state index contributed by atoms with van der Waals surface area (Å²) in [4.78, 5) is 19.4. The van der Waals surface area contributed by atoms with Gasteiger partial charge in [0.25, 0.3) is 0 Å². The number of rotatable bonds is 2. The molecule has 2 atom stereocenters. The normalized spacial score (nSPS) is 24.6. The first-order chi connectivity index (χ1) is 8.08. The second-order valence-corrected chi connectivity index (χ2v) is 5.55. The van der Waals surface area contributed by atoms with Gasteiger partial charge in [0.2, 0.25) is 0 Å². The third kappa shape index (κ3) is 2.83. The Morgan fingerprint density at radius 2 is 2.29 bits per heavy atom. The zero-order valence-corrected chi connectivity index (χ0v) is 11.3. The van der Waals surface area contributed by atoms with E-state index < -0.39 is 5.97 Å². The van der Waals surface area contributed by atoms with Crippen molar-refractivity contribution in [2.75, 3.05) is 0 Å². The topological polar surface area (TPSA) is 63.1 Å². The Hall–Kier alpha value is -0.970. The van der Waals surface area contributed by atoms with Crippen LogP contribution in [0.15, 0.2) is 10.7 Å². The number of aromatic carboxylic acids is 1. The second-order valence-electron chi connectivity index (χ2n) is 4.70. The largest absolute Gasteiger partial charge is 0.476 e. The van der Waals surface area contributed by atoms with Gasteiger partial charge in [-0.2, -0.15) is 0 Å². The number of carboxylic acids is 1. The summed E-state index contributed by atoms with van der Waals surface area (Å²) in [5, 5.41) is 9.02. The average Bonchev–Trinajstić information content (AvgIpc) is 2.29. The van der Waals surface area contributed by atoms with E-state index in [4.69, 9.17) is 5.11 Å². The fourth-order valence-electron chi connectivity index (χ4n) is 2.40. The van der Waals surface area contributed by atoms with Gasteiger partial charge in [-0.25, -0.2) is 14.8 Å². The van der Waals surface area contributed by atoms with E-state index in [1.165, 1.54) is 12.8 Å². The Balaban J connectivity index is 2.26. The van der Waals surface area contributed by atoms with Crippen LogP contribution in [0.5, 0.6) is 0 Å². The van der Waals surface area contributed by atoms with Crippen LogP contribution in [-0.4, -0.2) is 21.0 Å². The van der Waals surface area contributed by atoms with E-state index >= 15 is 0 Å². The van der Waals surface area contributed by atoms with Crippen LogP contribution in [0.3, 0.4) is 0 Å². The summed E-state index contributed by atoms with van der Waals surface area (Å²) in [6.45, 7) is 2.23. The second kappa shape index (κ2) is 5.12. The summed E-state index contributed by atoms with van der Waals surface area (Å²) >= 11 is 3.16. The maximum atomic E-state index is 11.0. The molecule has 1 aliphatic carbocycles. The molecule has 1 aromatic rings. The third-order valence-electron chi connectivity index (χ3n) is 3.27. The first-order valence-electron chi connectivity index (χ1n) is 5.83. The van der Waals surface area contributed by atoms with Crippen molar-refractivity contribution in [1.82, 2.24) is 9.97 Å². The van der Waals surface area contributed by atoms with Gasteiger partial charge < -0.3 is 5.11 Å². The zero-order chi connectivity index (χ0) is 12.4. The maximum absolute atomic E-state index is 11.0. The van der Waals surface area contributed by atoms with Crippen LogP contribution >= 0.6 is 15.9 Å². The maximum Gasteiger partial charge on any atom is 0.355 e. The van der Waals surface area contributed by atoms with Crippen LogP contribution in [0.25, 0.3) is 0 Å². The molecule has 2 rings (SSSR count). The van der Waals surface area contributed by atoms with Crippen molar-refractivity contribution in [1.29, 1.82) is 0 Å². The van der Waals surface area contributed by atoms with Gasteiger partial charge in [0, 0.05) is 12.1 Å².